The Balaban J connectivity index is 1.54. The molecule has 10 nitrogen and oxygen atoms in total. The summed E-state index contributed by atoms with van der Waals surface area (Å²) in [6.45, 7) is 5.01. The zero-order chi connectivity index (χ0) is 24.7. The lowest BCUT2D eigenvalue weighted by Crippen LogP contribution is -2.36. The third-order valence-corrected chi connectivity index (χ3v) is 6.00. The summed E-state index contributed by atoms with van der Waals surface area (Å²) in [6.07, 6.45) is 6.15. The zero-order valence-electron chi connectivity index (χ0n) is 19.6. The minimum absolute atomic E-state index is 0.0305. The Morgan fingerprint density at radius 2 is 2.06 bits per heavy atom. The minimum atomic E-state index is -0.608. The van der Waals surface area contributed by atoms with Crippen LogP contribution in [0.15, 0.2) is 41.3 Å². The quantitative estimate of drug-likeness (QED) is 0.526. The van der Waals surface area contributed by atoms with Gasteiger partial charge in [0.2, 0.25) is 5.88 Å². The van der Waals surface area contributed by atoms with E-state index in [0.29, 0.717) is 42.3 Å². The molecule has 0 bridgehead atoms. The summed E-state index contributed by atoms with van der Waals surface area (Å²) in [5, 5.41) is 17.8. The lowest BCUT2D eigenvalue weighted by Gasteiger charge is -2.28. The van der Waals surface area contributed by atoms with Gasteiger partial charge in [0.25, 0.3) is 17.4 Å². The third kappa shape index (κ3) is 4.27. The molecule has 0 atom stereocenters. The molecule has 10 heteroatoms. The topological polar surface area (TPSA) is 118 Å². The fraction of sp³-hybridized carbons (Fsp3) is 0.360. The number of anilines is 1. The molecule has 1 aromatic carbocycles. The Labute approximate surface area is 201 Å². The van der Waals surface area contributed by atoms with Crippen molar-refractivity contribution in [3.63, 3.8) is 0 Å². The number of nitrogens with zero attached hydrogens (tertiary/aromatic N) is 4. The van der Waals surface area contributed by atoms with Gasteiger partial charge < -0.3 is 20.1 Å². The molecule has 1 saturated carbocycles. The normalized spacial score (nSPS) is 15.5. The minimum Gasteiger partial charge on any atom is -0.492 e. The average molecular weight is 478 g/mol. The van der Waals surface area contributed by atoms with E-state index in [1.54, 1.807) is 11.0 Å². The molecule has 1 aliphatic heterocycles. The number of para-hydroxylation sites is 2. The summed E-state index contributed by atoms with van der Waals surface area (Å²) >= 11 is 0. The number of ether oxygens (including phenoxy) is 1. The van der Waals surface area contributed by atoms with Gasteiger partial charge in [-0.1, -0.05) is 26.0 Å². The van der Waals surface area contributed by atoms with Crippen molar-refractivity contribution in [1.82, 2.24) is 19.5 Å². The molecular formula is C25H27N5O5. The van der Waals surface area contributed by atoms with E-state index in [1.807, 2.05) is 38.1 Å². The second-order valence-corrected chi connectivity index (χ2v) is 9.23. The van der Waals surface area contributed by atoms with E-state index in [2.05, 4.69) is 10.4 Å². The summed E-state index contributed by atoms with van der Waals surface area (Å²) in [7, 11) is 0. The van der Waals surface area contributed by atoms with Crippen molar-refractivity contribution in [3.8, 4) is 11.6 Å². The fourth-order valence-corrected chi connectivity index (χ4v) is 4.20. The van der Waals surface area contributed by atoms with Crippen LogP contribution in [-0.2, 0) is 11.3 Å². The van der Waals surface area contributed by atoms with E-state index in [4.69, 9.17) is 4.74 Å². The largest absolute Gasteiger partial charge is 0.492 e. The highest BCUT2D eigenvalue weighted by atomic mass is 16.5. The van der Waals surface area contributed by atoms with E-state index >= 15 is 0 Å². The number of benzene rings is 1. The highest BCUT2D eigenvalue weighted by Crippen LogP contribution is 2.31. The maximum absolute atomic E-state index is 13.3. The maximum Gasteiger partial charge on any atom is 0.270 e. The summed E-state index contributed by atoms with van der Waals surface area (Å²) in [4.78, 5) is 40.7. The van der Waals surface area contributed by atoms with Crippen LogP contribution in [0.2, 0.25) is 0 Å². The highest BCUT2D eigenvalue weighted by Gasteiger charge is 2.30. The Hall–Kier alpha value is -4.08. The van der Waals surface area contributed by atoms with Crippen molar-refractivity contribution in [2.75, 3.05) is 18.1 Å². The molecule has 0 unspecified atom stereocenters. The number of rotatable bonds is 6. The molecule has 0 saturated heterocycles. The first-order valence-electron chi connectivity index (χ1n) is 11.7. The third-order valence-electron chi connectivity index (χ3n) is 6.00. The first-order chi connectivity index (χ1) is 16.8. The number of aromatic nitrogens is 3. The van der Waals surface area contributed by atoms with Crippen LogP contribution < -0.4 is 20.5 Å². The molecule has 0 spiro atoms. The number of carbonyl (C=O) groups excluding carboxylic acids is 2. The van der Waals surface area contributed by atoms with E-state index < -0.39 is 17.3 Å². The number of nitrogens with one attached hydrogen (secondary N) is 1. The van der Waals surface area contributed by atoms with Gasteiger partial charge in [-0.25, -0.2) is 0 Å². The molecule has 1 fully saturated rings. The molecular weight excluding hydrogens is 450 g/mol. The van der Waals surface area contributed by atoms with Gasteiger partial charge in [-0.2, -0.15) is 9.61 Å². The standard InChI is InChI=1S/C25H27N5O5/c1-15(2)14-29-23-16(7-10-20(31)28-11-12-35-19-6-4-3-5-18(19)28)13-26-30(23)25(34)21(24(29)33)22(32)27-17-8-9-17/h3-7,10,13,15,17,34H,8-9,11-12,14H2,1-2H3,(H,27,32). The van der Waals surface area contributed by atoms with Gasteiger partial charge in [-0.05, 0) is 37.0 Å². The van der Waals surface area contributed by atoms with Crippen LogP contribution in [0.1, 0.15) is 42.6 Å². The Kier molecular flexibility index (Phi) is 5.80. The van der Waals surface area contributed by atoms with Gasteiger partial charge >= 0.3 is 0 Å². The first kappa shape index (κ1) is 22.7. The van der Waals surface area contributed by atoms with Gasteiger partial charge in [0.15, 0.2) is 5.56 Å². The monoisotopic (exact) mass is 477 g/mol. The second kappa shape index (κ2) is 8.94. The number of aromatic hydroxyl groups is 1. The van der Waals surface area contributed by atoms with Crippen LogP contribution in [0, 0.1) is 5.92 Å². The molecule has 182 valence electrons. The van der Waals surface area contributed by atoms with Crippen LogP contribution in [-0.4, -0.2) is 50.3 Å². The van der Waals surface area contributed by atoms with Gasteiger partial charge in [0, 0.05) is 24.2 Å². The van der Waals surface area contributed by atoms with Crippen molar-refractivity contribution in [2.45, 2.75) is 39.3 Å². The van der Waals surface area contributed by atoms with E-state index in [9.17, 15) is 19.5 Å². The van der Waals surface area contributed by atoms with Crippen LogP contribution in [0.4, 0.5) is 5.69 Å². The predicted octanol–water partition coefficient (Wildman–Crippen LogP) is 2.19. The van der Waals surface area contributed by atoms with Gasteiger partial charge in [-0.15, -0.1) is 0 Å². The Bertz CT molecular complexity index is 1400. The molecule has 0 radical (unpaired) electrons. The molecule has 2 aromatic heterocycles. The number of fused-ring (bicyclic) bond motifs is 2. The SMILES string of the molecule is CC(C)Cn1c(=O)c(C(=O)NC2CC2)c(O)n2ncc(C=CC(=O)N3CCOc4ccccc43)c12. The van der Waals surface area contributed by atoms with Crippen molar-refractivity contribution in [1.29, 1.82) is 0 Å². The van der Waals surface area contributed by atoms with Gasteiger partial charge in [0.05, 0.1) is 18.4 Å². The van der Waals surface area contributed by atoms with Gasteiger partial charge in [0.1, 0.15) is 18.0 Å². The summed E-state index contributed by atoms with van der Waals surface area (Å²) in [6, 6.07) is 7.35. The van der Waals surface area contributed by atoms with Crippen LogP contribution >= 0.6 is 0 Å². The van der Waals surface area contributed by atoms with Crippen molar-refractivity contribution >= 4 is 29.2 Å². The van der Waals surface area contributed by atoms with E-state index in [1.165, 1.54) is 21.4 Å². The lowest BCUT2D eigenvalue weighted by molar-refractivity contribution is -0.114. The Morgan fingerprint density at radius 3 is 2.80 bits per heavy atom. The second-order valence-electron chi connectivity index (χ2n) is 9.23. The number of hydrogen-bond acceptors (Lipinski definition) is 6. The first-order valence-corrected chi connectivity index (χ1v) is 11.7. The molecule has 2 aliphatic rings. The molecule has 35 heavy (non-hydrogen) atoms. The highest BCUT2D eigenvalue weighted by molar-refractivity contribution is 6.05. The van der Waals surface area contributed by atoms with E-state index in [-0.39, 0.29) is 23.4 Å². The Morgan fingerprint density at radius 1 is 1.29 bits per heavy atom. The number of hydrogen-bond donors (Lipinski definition) is 2. The van der Waals surface area contributed by atoms with Crippen molar-refractivity contribution in [2.24, 2.45) is 5.92 Å². The molecule has 1 aliphatic carbocycles. The molecule has 3 aromatic rings. The summed E-state index contributed by atoms with van der Waals surface area (Å²) < 4.78 is 8.24. The van der Waals surface area contributed by atoms with Crippen LogP contribution in [0.5, 0.6) is 11.6 Å². The van der Waals surface area contributed by atoms with Crippen LogP contribution in [0.3, 0.4) is 0 Å². The maximum atomic E-state index is 13.3. The van der Waals surface area contributed by atoms with Crippen molar-refractivity contribution in [3.05, 3.63) is 58.0 Å². The summed E-state index contributed by atoms with van der Waals surface area (Å²) in [5.74, 6) is -0.648. The molecule has 5 rings (SSSR count). The molecule has 2 N–H and O–H groups in total. The average Bonchev–Trinajstić information content (AvgIpc) is 3.55. The number of carbonyl (C=O) groups is 2. The van der Waals surface area contributed by atoms with E-state index in [0.717, 1.165) is 12.8 Å². The molecule has 3 heterocycles. The van der Waals surface area contributed by atoms with Crippen LogP contribution in [0.25, 0.3) is 11.7 Å². The summed E-state index contributed by atoms with van der Waals surface area (Å²) in [5.41, 5.74) is 0.557. The van der Waals surface area contributed by atoms with Gasteiger partial charge in [-0.3, -0.25) is 19.0 Å². The zero-order valence-corrected chi connectivity index (χ0v) is 19.6. The molecule has 2 amide bonds. The smallest absolute Gasteiger partial charge is 0.270 e. The van der Waals surface area contributed by atoms with Crippen molar-refractivity contribution < 1.29 is 19.4 Å². The number of amides is 2. The fourth-order valence-electron chi connectivity index (χ4n) is 4.20. The lowest BCUT2D eigenvalue weighted by atomic mass is 10.2. The predicted molar refractivity (Wildman–Crippen MR) is 130 cm³/mol.